The number of hydrogen-bond donors (Lipinski definition) is 2. The van der Waals surface area contributed by atoms with Gasteiger partial charge in [0, 0.05) is 18.3 Å². The lowest BCUT2D eigenvalue weighted by atomic mass is 9.94. The number of nitriles is 1. The van der Waals surface area contributed by atoms with Crippen LogP contribution in [0.25, 0.3) is 0 Å². The molecule has 0 heterocycles. The Morgan fingerprint density at radius 3 is 2.68 bits per heavy atom. The van der Waals surface area contributed by atoms with Crippen molar-refractivity contribution in [2.75, 3.05) is 11.9 Å². The quantitative estimate of drug-likeness (QED) is 0.619. The summed E-state index contributed by atoms with van der Waals surface area (Å²) in [6, 6.07) is 5.78. The van der Waals surface area contributed by atoms with Crippen LogP contribution in [0.1, 0.15) is 19.4 Å². The number of nitro benzene ring substituents is 1. The lowest BCUT2D eigenvalue weighted by Crippen LogP contribution is -2.31. The van der Waals surface area contributed by atoms with Gasteiger partial charge < -0.3 is 10.4 Å². The van der Waals surface area contributed by atoms with Gasteiger partial charge in [-0.3, -0.25) is 14.9 Å². The minimum atomic E-state index is -0.997. The Morgan fingerprint density at radius 2 is 2.21 bits per heavy atom. The van der Waals surface area contributed by atoms with Gasteiger partial charge in [0.15, 0.2) is 0 Å². The third-order valence-corrected chi connectivity index (χ3v) is 2.63. The lowest BCUT2D eigenvalue weighted by molar-refractivity contribution is -0.385. The summed E-state index contributed by atoms with van der Waals surface area (Å²) in [5.41, 5.74) is -0.934. The molecule has 0 radical (unpaired) electrons. The van der Waals surface area contributed by atoms with Crippen molar-refractivity contribution in [3.8, 4) is 6.07 Å². The molecule has 19 heavy (non-hydrogen) atoms. The molecule has 0 amide bonds. The van der Waals surface area contributed by atoms with Gasteiger partial charge in [-0.2, -0.15) is 5.26 Å². The second-order valence-corrected chi connectivity index (χ2v) is 4.64. The van der Waals surface area contributed by atoms with Crippen LogP contribution < -0.4 is 5.32 Å². The summed E-state index contributed by atoms with van der Waals surface area (Å²) in [4.78, 5) is 21.1. The fourth-order valence-corrected chi connectivity index (χ4v) is 1.29. The van der Waals surface area contributed by atoms with Gasteiger partial charge in [0.25, 0.3) is 5.69 Å². The summed E-state index contributed by atoms with van der Waals surface area (Å²) in [7, 11) is 0. The van der Waals surface area contributed by atoms with Gasteiger partial charge in [-0.25, -0.2) is 0 Å². The maximum Gasteiger partial charge on any atom is 0.310 e. The van der Waals surface area contributed by atoms with Crippen LogP contribution in [0.2, 0.25) is 0 Å². The minimum Gasteiger partial charge on any atom is -0.481 e. The van der Waals surface area contributed by atoms with Gasteiger partial charge in [-0.1, -0.05) is 0 Å². The number of carboxylic acids is 1. The first-order valence-corrected chi connectivity index (χ1v) is 5.44. The van der Waals surface area contributed by atoms with E-state index < -0.39 is 16.3 Å². The normalized spacial score (nSPS) is 10.6. The smallest absolute Gasteiger partial charge is 0.310 e. The maximum atomic E-state index is 10.9. The van der Waals surface area contributed by atoms with Gasteiger partial charge in [0.05, 0.1) is 10.3 Å². The highest BCUT2D eigenvalue weighted by Gasteiger charge is 2.27. The maximum absolute atomic E-state index is 10.9. The molecule has 1 rings (SSSR count). The Kier molecular flexibility index (Phi) is 4.07. The Bertz CT molecular complexity index is 561. The standard InChI is InChI=1S/C12H13N3O4/c1-12(2,11(16)17)7-14-9-4-3-8(6-13)10(5-9)15(18)19/h3-5,14H,7H2,1-2H3,(H,16,17). The summed E-state index contributed by atoms with van der Waals surface area (Å²) in [5.74, 6) is -0.969. The zero-order valence-electron chi connectivity index (χ0n) is 10.5. The van der Waals surface area contributed by atoms with E-state index in [4.69, 9.17) is 10.4 Å². The number of carbonyl (C=O) groups is 1. The van der Waals surface area contributed by atoms with Gasteiger partial charge >= 0.3 is 5.97 Å². The van der Waals surface area contributed by atoms with Crippen LogP contribution in [-0.2, 0) is 4.79 Å². The molecule has 0 saturated carbocycles. The second kappa shape index (κ2) is 5.35. The van der Waals surface area contributed by atoms with Gasteiger partial charge in [0.2, 0.25) is 0 Å². The predicted molar refractivity (Wildman–Crippen MR) is 67.7 cm³/mol. The van der Waals surface area contributed by atoms with Crippen molar-refractivity contribution in [1.29, 1.82) is 5.26 Å². The Balaban J connectivity index is 2.93. The van der Waals surface area contributed by atoms with E-state index in [9.17, 15) is 14.9 Å². The fourth-order valence-electron chi connectivity index (χ4n) is 1.29. The zero-order valence-corrected chi connectivity index (χ0v) is 10.5. The van der Waals surface area contributed by atoms with E-state index in [1.807, 2.05) is 0 Å². The molecule has 0 fully saturated rings. The predicted octanol–water partition coefficient (Wildman–Crippen LogP) is 1.99. The highest BCUT2D eigenvalue weighted by Crippen LogP contribution is 2.24. The largest absolute Gasteiger partial charge is 0.481 e. The molecule has 7 heteroatoms. The molecule has 0 aliphatic carbocycles. The first-order valence-electron chi connectivity index (χ1n) is 5.44. The Morgan fingerprint density at radius 1 is 1.58 bits per heavy atom. The van der Waals surface area contributed by atoms with Gasteiger partial charge in [-0.05, 0) is 26.0 Å². The van der Waals surface area contributed by atoms with Crippen LogP contribution in [0, 0.1) is 26.9 Å². The van der Waals surface area contributed by atoms with E-state index in [2.05, 4.69) is 5.32 Å². The molecule has 0 saturated heterocycles. The SMILES string of the molecule is CC(C)(CNc1ccc(C#N)c([N+](=O)[O-])c1)C(=O)O. The van der Waals surface area contributed by atoms with Crippen molar-refractivity contribution in [2.45, 2.75) is 13.8 Å². The third-order valence-electron chi connectivity index (χ3n) is 2.63. The van der Waals surface area contributed by atoms with Crippen LogP contribution in [0.4, 0.5) is 11.4 Å². The van der Waals surface area contributed by atoms with E-state index >= 15 is 0 Å². The molecular weight excluding hydrogens is 250 g/mol. The summed E-state index contributed by atoms with van der Waals surface area (Å²) in [5, 5.41) is 31.3. The van der Waals surface area contributed by atoms with E-state index in [-0.39, 0.29) is 17.8 Å². The van der Waals surface area contributed by atoms with Gasteiger partial charge in [0.1, 0.15) is 11.6 Å². The van der Waals surface area contributed by atoms with Crippen molar-refractivity contribution in [1.82, 2.24) is 0 Å². The number of anilines is 1. The molecule has 0 bridgehead atoms. The molecule has 0 aliphatic rings. The zero-order chi connectivity index (χ0) is 14.6. The molecule has 0 unspecified atom stereocenters. The first-order chi connectivity index (χ1) is 8.77. The van der Waals surface area contributed by atoms with Crippen molar-refractivity contribution in [3.63, 3.8) is 0 Å². The first kappa shape index (κ1) is 14.4. The summed E-state index contributed by atoms with van der Waals surface area (Å²) < 4.78 is 0. The van der Waals surface area contributed by atoms with E-state index in [0.29, 0.717) is 5.69 Å². The molecule has 100 valence electrons. The van der Waals surface area contributed by atoms with Crippen LogP contribution in [0.3, 0.4) is 0 Å². The summed E-state index contributed by atoms with van der Waals surface area (Å²) in [6.07, 6.45) is 0. The Hall–Kier alpha value is -2.62. The average Bonchev–Trinajstić information content (AvgIpc) is 2.35. The minimum absolute atomic E-state index is 0.0342. The third kappa shape index (κ3) is 3.42. The van der Waals surface area contributed by atoms with Crippen LogP contribution in [0.5, 0.6) is 0 Å². The fraction of sp³-hybridized carbons (Fsp3) is 0.333. The number of nitrogens with one attached hydrogen (secondary N) is 1. The number of nitro groups is 1. The van der Waals surface area contributed by atoms with Crippen LogP contribution >= 0.6 is 0 Å². The number of hydrogen-bond acceptors (Lipinski definition) is 5. The van der Waals surface area contributed by atoms with Crippen LogP contribution in [0.15, 0.2) is 18.2 Å². The molecule has 0 atom stereocenters. The number of aliphatic carboxylic acids is 1. The molecule has 2 N–H and O–H groups in total. The number of nitrogens with zero attached hydrogens (tertiary/aromatic N) is 2. The van der Waals surface area contributed by atoms with Crippen molar-refractivity contribution in [2.24, 2.45) is 5.41 Å². The van der Waals surface area contributed by atoms with Crippen molar-refractivity contribution < 1.29 is 14.8 Å². The van der Waals surface area contributed by atoms with Crippen LogP contribution in [-0.4, -0.2) is 22.5 Å². The van der Waals surface area contributed by atoms with E-state index in [1.165, 1.54) is 18.2 Å². The number of benzene rings is 1. The van der Waals surface area contributed by atoms with Crippen molar-refractivity contribution in [3.05, 3.63) is 33.9 Å². The summed E-state index contributed by atoms with van der Waals surface area (Å²) in [6.45, 7) is 3.20. The number of carboxylic acid groups (broad SMARTS) is 1. The summed E-state index contributed by atoms with van der Waals surface area (Å²) >= 11 is 0. The number of rotatable bonds is 5. The molecule has 0 aromatic heterocycles. The van der Waals surface area contributed by atoms with E-state index in [1.54, 1.807) is 19.9 Å². The average molecular weight is 263 g/mol. The van der Waals surface area contributed by atoms with E-state index in [0.717, 1.165) is 0 Å². The molecule has 7 nitrogen and oxygen atoms in total. The molecule has 1 aromatic carbocycles. The highest BCUT2D eigenvalue weighted by atomic mass is 16.6. The van der Waals surface area contributed by atoms with Gasteiger partial charge in [-0.15, -0.1) is 0 Å². The second-order valence-electron chi connectivity index (χ2n) is 4.64. The monoisotopic (exact) mass is 263 g/mol. The molecule has 0 aliphatic heterocycles. The highest BCUT2D eigenvalue weighted by molar-refractivity contribution is 5.74. The molecular formula is C12H13N3O4. The molecule has 1 aromatic rings. The lowest BCUT2D eigenvalue weighted by Gasteiger charge is -2.20. The topological polar surface area (TPSA) is 116 Å². The Labute approximate surface area is 109 Å². The molecule has 0 spiro atoms. The van der Waals surface area contributed by atoms with Crippen molar-refractivity contribution >= 4 is 17.3 Å².